The summed E-state index contributed by atoms with van der Waals surface area (Å²) in [7, 11) is 0. The SMILES string of the molecule is NC(N)=Nc1nc(-c2cnc(N)s2)cs1. The van der Waals surface area contributed by atoms with E-state index in [1.165, 1.54) is 22.7 Å². The van der Waals surface area contributed by atoms with E-state index >= 15 is 0 Å². The average molecular weight is 240 g/mol. The van der Waals surface area contributed by atoms with E-state index in [1.54, 1.807) is 6.20 Å². The van der Waals surface area contributed by atoms with Crippen molar-refractivity contribution in [2.75, 3.05) is 5.73 Å². The first-order valence-corrected chi connectivity index (χ1v) is 5.61. The van der Waals surface area contributed by atoms with Gasteiger partial charge in [0.05, 0.1) is 10.6 Å². The van der Waals surface area contributed by atoms with Crippen LogP contribution in [0.3, 0.4) is 0 Å². The summed E-state index contributed by atoms with van der Waals surface area (Å²) < 4.78 is 0. The third-order valence-corrected chi connectivity index (χ3v) is 3.08. The molecule has 2 heterocycles. The van der Waals surface area contributed by atoms with E-state index in [-0.39, 0.29) is 5.96 Å². The van der Waals surface area contributed by atoms with Gasteiger partial charge in [0.1, 0.15) is 0 Å². The Hall–Kier alpha value is -1.67. The number of nitrogens with two attached hydrogens (primary N) is 3. The lowest BCUT2D eigenvalue weighted by atomic mass is 10.4. The second kappa shape index (κ2) is 3.83. The molecule has 2 aromatic rings. The van der Waals surface area contributed by atoms with Gasteiger partial charge in [-0.3, -0.25) is 0 Å². The minimum atomic E-state index is -0.000261. The van der Waals surface area contributed by atoms with E-state index in [4.69, 9.17) is 17.2 Å². The van der Waals surface area contributed by atoms with Gasteiger partial charge in [-0.05, 0) is 0 Å². The molecule has 0 saturated carbocycles. The first kappa shape index (κ1) is 9.87. The summed E-state index contributed by atoms with van der Waals surface area (Å²) in [5.74, 6) is -0.000261. The third kappa shape index (κ3) is 2.22. The van der Waals surface area contributed by atoms with Gasteiger partial charge >= 0.3 is 0 Å². The van der Waals surface area contributed by atoms with Crippen molar-refractivity contribution in [1.82, 2.24) is 9.97 Å². The van der Waals surface area contributed by atoms with Crippen molar-refractivity contribution < 1.29 is 0 Å². The van der Waals surface area contributed by atoms with Gasteiger partial charge < -0.3 is 17.2 Å². The van der Waals surface area contributed by atoms with Crippen molar-refractivity contribution in [2.24, 2.45) is 16.5 Å². The van der Waals surface area contributed by atoms with E-state index in [2.05, 4.69) is 15.0 Å². The number of hydrogen-bond donors (Lipinski definition) is 3. The van der Waals surface area contributed by atoms with Gasteiger partial charge in [0.15, 0.2) is 11.1 Å². The summed E-state index contributed by atoms with van der Waals surface area (Å²) in [6.07, 6.45) is 1.67. The highest BCUT2D eigenvalue weighted by atomic mass is 32.1. The van der Waals surface area contributed by atoms with Crippen molar-refractivity contribution >= 4 is 38.9 Å². The van der Waals surface area contributed by atoms with E-state index in [9.17, 15) is 0 Å². The topological polar surface area (TPSA) is 116 Å². The smallest absolute Gasteiger partial charge is 0.212 e. The van der Waals surface area contributed by atoms with Crippen molar-refractivity contribution in [3.05, 3.63) is 11.6 Å². The van der Waals surface area contributed by atoms with Crippen LogP contribution in [0.2, 0.25) is 0 Å². The Labute approximate surface area is 93.5 Å². The molecule has 0 spiro atoms. The summed E-state index contributed by atoms with van der Waals surface area (Å²) in [4.78, 5) is 12.9. The standard InChI is InChI=1S/C7H8N6S2/c8-5(9)13-7-12-3(2-14-7)4-1-11-6(10)15-4/h1-2H,(H2,10,11)(H4,8,9,12,13). The van der Waals surface area contributed by atoms with Gasteiger partial charge in [-0.2, -0.15) is 4.99 Å². The van der Waals surface area contributed by atoms with Crippen LogP contribution in [0.4, 0.5) is 10.3 Å². The van der Waals surface area contributed by atoms with Gasteiger partial charge in [-0.25, -0.2) is 9.97 Å². The molecule has 8 heteroatoms. The number of guanidine groups is 1. The van der Waals surface area contributed by atoms with Crippen LogP contribution in [0, 0.1) is 0 Å². The predicted octanol–water partition coefficient (Wildman–Crippen LogP) is 0.754. The number of thiazole rings is 2. The van der Waals surface area contributed by atoms with Crippen molar-refractivity contribution in [1.29, 1.82) is 0 Å². The average Bonchev–Trinajstić information content (AvgIpc) is 2.72. The largest absolute Gasteiger partial charge is 0.375 e. The predicted molar refractivity (Wildman–Crippen MR) is 63.1 cm³/mol. The Kier molecular flexibility index (Phi) is 2.52. The van der Waals surface area contributed by atoms with Crippen LogP contribution in [-0.4, -0.2) is 15.9 Å². The fraction of sp³-hybridized carbons (Fsp3) is 0. The fourth-order valence-electron chi connectivity index (χ4n) is 0.945. The monoisotopic (exact) mass is 240 g/mol. The van der Waals surface area contributed by atoms with Crippen LogP contribution in [0.15, 0.2) is 16.6 Å². The fourth-order valence-corrected chi connectivity index (χ4v) is 2.37. The summed E-state index contributed by atoms with van der Waals surface area (Å²) >= 11 is 2.73. The second-order valence-electron chi connectivity index (χ2n) is 2.61. The highest BCUT2D eigenvalue weighted by Crippen LogP contribution is 2.30. The molecule has 0 aliphatic heterocycles. The van der Waals surface area contributed by atoms with E-state index in [0.717, 1.165) is 10.6 Å². The summed E-state index contributed by atoms with van der Waals surface area (Å²) in [5.41, 5.74) is 16.8. The zero-order valence-corrected chi connectivity index (χ0v) is 9.18. The molecule has 0 fully saturated rings. The highest BCUT2D eigenvalue weighted by molar-refractivity contribution is 7.19. The zero-order chi connectivity index (χ0) is 10.8. The van der Waals surface area contributed by atoms with Gasteiger partial charge in [0, 0.05) is 11.6 Å². The van der Waals surface area contributed by atoms with Crippen LogP contribution >= 0.6 is 22.7 Å². The van der Waals surface area contributed by atoms with E-state index in [1.807, 2.05) is 5.38 Å². The zero-order valence-electron chi connectivity index (χ0n) is 7.54. The Morgan fingerprint density at radius 1 is 1.40 bits per heavy atom. The molecule has 0 aliphatic carbocycles. The Morgan fingerprint density at radius 2 is 2.20 bits per heavy atom. The van der Waals surface area contributed by atoms with Crippen molar-refractivity contribution in [3.63, 3.8) is 0 Å². The third-order valence-electron chi connectivity index (χ3n) is 1.49. The number of aliphatic imine (C=N–C) groups is 1. The first-order chi connectivity index (χ1) is 7.15. The van der Waals surface area contributed by atoms with E-state index < -0.39 is 0 Å². The van der Waals surface area contributed by atoms with Gasteiger partial charge in [-0.1, -0.05) is 11.3 Å². The Balaban J connectivity index is 2.31. The molecule has 2 aromatic heterocycles. The second-order valence-corrected chi connectivity index (χ2v) is 4.51. The molecule has 6 N–H and O–H groups in total. The van der Waals surface area contributed by atoms with Gasteiger partial charge in [-0.15, -0.1) is 11.3 Å². The van der Waals surface area contributed by atoms with Crippen molar-refractivity contribution in [2.45, 2.75) is 0 Å². The lowest BCUT2D eigenvalue weighted by Crippen LogP contribution is -2.21. The lowest BCUT2D eigenvalue weighted by Gasteiger charge is -1.87. The molecule has 0 amide bonds. The molecule has 0 bridgehead atoms. The molecule has 0 saturated heterocycles. The number of nitrogens with zero attached hydrogens (tertiary/aromatic N) is 3. The molecule has 0 aromatic carbocycles. The molecule has 6 nitrogen and oxygen atoms in total. The molecule has 0 radical (unpaired) electrons. The molecular formula is C7H8N6S2. The number of hydrogen-bond acceptors (Lipinski definition) is 6. The van der Waals surface area contributed by atoms with E-state index in [0.29, 0.717) is 10.3 Å². The van der Waals surface area contributed by atoms with Gasteiger partial charge in [0.2, 0.25) is 5.13 Å². The van der Waals surface area contributed by atoms with Crippen LogP contribution < -0.4 is 17.2 Å². The maximum Gasteiger partial charge on any atom is 0.212 e. The molecule has 78 valence electrons. The summed E-state index contributed by atoms with van der Waals surface area (Å²) in [6, 6.07) is 0. The minimum Gasteiger partial charge on any atom is -0.375 e. The van der Waals surface area contributed by atoms with Crippen molar-refractivity contribution in [3.8, 4) is 10.6 Å². The molecule has 0 unspecified atom stereocenters. The molecule has 0 atom stereocenters. The highest BCUT2D eigenvalue weighted by Gasteiger charge is 2.06. The Bertz CT molecular complexity index is 495. The maximum atomic E-state index is 5.52. The van der Waals surface area contributed by atoms with Crippen LogP contribution in [0.25, 0.3) is 10.6 Å². The molecule has 15 heavy (non-hydrogen) atoms. The minimum absolute atomic E-state index is 0.000261. The lowest BCUT2D eigenvalue weighted by molar-refractivity contribution is 1.33. The number of aromatic nitrogens is 2. The van der Waals surface area contributed by atoms with Crippen LogP contribution in [0.5, 0.6) is 0 Å². The van der Waals surface area contributed by atoms with Gasteiger partial charge in [0.25, 0.3) is 0 Å². The molecular weight excluding hydrogens is 232 g/mol. The number of nitrogen functional groups attached to an aromatic ring is 1. The number of anilines is 1. The first-order valence-electron chi connectivity index (χ1n) is 3.92. The number of rotatable bonds is 2. The summed E-state index contributed by atoms with van der Waals surface area (Å²) in [5, 5.41) is 2.90. The Morgan fingerprint density at radius 3 is 2.80 bits per heavy atom. The maximum absolute atomic E-state index is 5.52. The van der Waals surface area contributed by atoms with Crippen LogP contribution in [-0.2, 0) is 0 Å². The molecule has 0 aliphatic rings. The summed E-state index contributed by atoms with van der Waals surface area (Å²) in [6.45, 7) is 0. The normalized spacial score (nSPS) is 10.1. The van der Waals surface area contributed by atoms with Crippen LogP contribution in [0.1, 0.15) is 0 Å². The quantitative estimate of drug-likeness (QED) is 0.529. The molecule has 2 rings (SSSR count).